The number of fused-ring (bicyclic) bond motifs is 1. The molecule has 1 fully saturated rings. The third kappa shape index (κ3) is 3.27. The van der Waals surface area contributed by atoms with Crippen LogP contribution < -0.4 is 10.8 Å². The minimum Gasteiger partial charge on any atom is -0.387 e. The van der Waals surface area contributed by atoms with Crippen molar-refractivity contribution in [1.82, 2.24) is 40.2 Å². The molecule has 1 saturated heterocycles. The summed E-state index contributed by atoms with van der Waals surface area (Å²) in [5.41, 5.74) is 3.67. The third-order valence-corrected chi connectivity index (χ3v) is 4.40. The van der Waals surface area contributed by atoms with Crippen molar-refractivity contribution in [3.05, 3.63) is 12.5 Å². The van der Waals surface area contributed by atoms with Crippen LogP contribution in [-0.4, -0.2) is 83.0 Å². The molecule has 4 rings (SSSR count). The van der Waals surface area contributed by atoms with Crippen LogP contribution in [0.2, 0.25) is 0 Å². The summed E-state index contributed by atoms with van der Waals surface area (Å²) >= 11 is 0. The van der Waals surface area contributed by atoms with E-state index in [1.807, 2.05) is 0 Å². The van der Waals surface area contributed by atoms with Crippen LogP contribution in [0.15, 0.2) is 12.5 Å². The van der Waals surface area contributed by atoms with E-state index >= 15 is 0 Å². The highest BCUT2D eigenvalue weighted by Gasteiger charge is 2.47. The Bertz CT molecular complexity index is 1010. The van der Waals surface area contributed by atoms with Crippen LogP contribution in [0.3, 0.4) is 0 Å². The molecule has 0 radical (unpaired) electrons. The van der Waals surface area contributed by atoms with Crippen molar-refractivity contribution in [2.24, 2.45) is 0 Å². The van der Waals surface area contributed by atoms with Gasteiger partial charge in [-0.3, -0.25) is 14.2 Å². The Morgan fingerprint density at radius 3 is 2.90 bits per heavy atom. The number of aromatic amines is 1. The highest BCUT2D eigenvalue weighted by molar-refractivity contribution is 5.85. The summed E-state index contributed by atoms with van der Waals surface area (Å²) in [6.45, 7) is 2.17. The van der Waals surface area contributed by atoms with Crippen LogP contribution in [-0.2, 0) is 14.4 Å². The number of carbonyl (C=O) groups excluding carboxylic acids is 1. The molecule has 5 N–H and O–H groups in total. The molecule has 0 spiro atoms. The lowest BCUT2D eigenvalue weighted by atomic mass is 10.1. The van der Waals surface area contributed by atoms with E-state index in [2.05, 4.69) is 41.2 Å². The summed E-state index contributed by atoms with van der Waals surface area (Å²) in [7, 11) is 1.41. The molecular weight excluding hydrogens is 386 g/mol. The number of nitrogens with zero attached hydrogens (tertiary/aromatic N) is 6. The third-order valence-electron chi connectivity index (χ3n) is 4.40. The number of imidazole rings is 1. The lowest BCUT2D eigenvalue weighted by molar-refractivity contribution is -0.137. The van der Waals surface area contributed by atoms with Gasteiger partial charge in [0, 0.05) is 7.05 Å². The molecule has 1 aliphatic rings. The van der Waals surface area contributed by atoms with Gasteiger partial charge in [-0.05, 0) is 6.92 Å². The Morgan fingerprint density at radius 2 is 2.21 bits per heavy atom. The summed E-state index contributed by atoms with van der Waals surface area (Å²) in [5, 5.41) is 33.3. The average Bonchev–Trinajstić information content (AvgIpc) is 3.46. The van der Waals surface area contributed by atoms with Gasteiger partial charge in [0.2, 0.25) is 0 Å². The number of ether oxygens (including phenoxy) is 1. The summed E-state index contributed by atoms with van der Waals surface area (Å²) < 4.78 is 7.02. The first-order valence-electron chi connectivity index (χ1n) is 8.76. The molecular formula is C15H19N9O5. The zero-order valence-corrected chi connectivity index (χ0v) is 15.5. The predicted octanol–water partition coefficient (Wildman–Crippen LogP) is -1.66. The number of aliphatic hydroxyl groups is 2. The van der Waals surface area contributed by atoms with E-state index in [9.17, 15) is 15.0 Å². The molecule has 14 heteroatoms. The Balaban J connectivity index is 1.79. The molecule has 14 nitrogen and oxygen atoms in total. The summed E-state index contributed by atoms with van der Waals surface area (Å²) in [5.74, 6) is -0.0735. The van der Waals surface area contributed by atoms with Gasteiger partial charge < -0.3 is 20.3 Å². The second-order valence-electron chi connectivity index (χ2n) is 6.15. The van der Waals surface area contributed by atoms with Crippen LogP contribution in [0, 0.1) is 0 Å². The second kappa shape index (κ2) is 7.67. The van der Waals surface area contributed by atoms with Crippen LogP contribution >= 0.6 is 0 Å². The monoisotopic (exact) mass is 405 g/mol. The Hall–Kier alpha value is -3.20. The number of anilines is 1. The van der Waals surface area contributed by atoms with E-state index in [1.54, 1.807) is 6.92 Å². The van der Waals surface area contributed by atoms with E-state index in [-0.39, 0.29) is 17.3 Å². The Kier molecular flexibility index (Phi) is 5.06. The number of aromatic nitrogens is 7. The SMILES string of the molecule is CCONc1nc(-c2cn[nH]n2)nc2c1ncn2C1O[C@H](C(=O)NC)[C@@H](O)[C@H]1O. The number of amides is 1. The first-order chi connectivity index (χ1) is 14.0. The van der Waals surface area contributed by atoms with Crippen molar-refractivity contribution in [2.45, 2.75) is 31.5 Å². The number of nitrogens with one attached hydrogen (secondary N) is 3. The maximum atomic E-state index is 11.9. The van der Waals surface area contributed by atoms with Gasteiger partial charge in [0.15, 0.2) is 35.1 Å². The van der Waals surface area contributed by atoms with Gasteiger partial charge >= 0.3 is 0 Å². The van der Waals surface area contributed by atoms with Gasteiger partial charge in [0.05, 0.1) is 19.1 Å². The van der Waals surface area contributed by atoms with Crippen LogP contribution in [0.25, 0.3) is 22.7 Å². The smallest absolute Gasteiger partial charge is 0.251 e. The van der Waals surface area contributed by atoms with E-state index in [1.165, 1.54) is 24.1 Å². The molecule has 3 aromatic rings. The van der Waals surface area contributed by atoms with Gasteiger partial charge in [-0.25, -0.2) is 20.4 Å². The molecule has 4 heterocycles. The molecule has 0 bridgehead atoms. The Morgan fingerprint density at radius 1 is 1.38 bits per heavy atom. The quantitative estimate of drug-likeness (QED) is 0.296. The van der Waals surface area contributed by atoms with Crippen molar-refractivity contribution in [3.63, 3.8) is 0 Å². The molecule has 1 aliphatic heterocycles. The molecule has 0 aliphatic carbocycles. The zero-order valence-electron chi connectivity index (χ0n) is 15.5. The number of H-pyrrole nitrogens is 1. The fourth-order valence-corrected chi connectivity index (χ4v) is 2.99. The highest BCUT2D eigenvalue weighted by Crippen LogP contribution is 2.33. The number of carbonyl (C=O) groups is 1. The summed E-state index contributed by atoms with van der Waals surface area (Å²) in [4.78, 5) is 30.2. The van der Waals surface area contributed by atoms with Gasteiger partial charge in [0.1, 0.15) is 17.9 Å². The minimum atomic E-state index is -1.42. The fraction of sp³-hybridized carbons (Fsp3) is 0.467. The maximum Gasteiger partial charge on any atom is 0.251 e. The first-order valence-corrected chi connectivity index (χ1v) is 8.76. The van der Waals surface area contributed by atoms with Gasteiger partial charge in [-0.1, -0.05) is 0 Å². The van der Waals surface area contributed by atoms with Crippen molar-refractivity contribution >= 4 is 22.9 Å². The van der Waals surface area contributed by atoms with E-state index in [0.29, 0.717) is 17.8 Å². The molecule has 154 valence electrons. The molecule has 4 atom stereocenters. The largest absolute Gasteiger partial charge is 0.387 e. The highest BCUT2D eigenvalue weighted by atomic mass is 16.6. The van der Waals surface area contributed by atoms with E-state index < -0.39 is 30.4 Å². The number of hydrogen-bond donors (Lipinski definition) is 5. The van der Waals surface area contributed by atoms with Crippen LogP contribution in [0.4, 0.5) is 5.82 Å². The normalized spacial score (nSPS) is 24.1. The standard InChI is InChI=1S/C15H19N9O5/c1-3-28-22-12-7-13(20-11(19-12)6-4-18-23-21-6)24(5-17-7)15-9(26)8(25)10(29-15)14(27)16-2/h4-5,8-10,15,25-26H,3H2,1-2H3,(H,16,27)(H,18,21,23)(H,19,20,22)/t8-,9+,10-,15?/m0/s1. The van der Waals surface area contributed by atoms with Gasteiger partial charge in [0.25, 0.3) is 5.91 Å². The molecule has 3 aromatic heterocycles. The maximum absolute atomic E-state index is 11.9. The summed E-state index contributed by atoms with van der Waals surface area (Å²) in [6.07, 6.45) is -2.33. The topological polar surface area (TPSA) is 185 Å². The lowest BCUT2D eigenvalue weighted by Crippen LogP contribution is -2.41. The molecule has 1 unspecified atom stereocenters. The van der Waals surface area contributed by atoms with Gasteiger partial charge in [-0.2, -0.15) is 15.4 Å². The van der Waals surface area contributed by atoms with Gasteiger partial charge in [-0.15, -0.1) is 0 Å². The molecule has 29 heavy (non-hydrogen) atoms. The van der Waals surface area contributed by atoms with Crippen LogP contribution in [0.1, 0.15) is 13.2 Å². The van der Waals surface area contributed by atoms with Crippen molar-refractivity contribution < 1.29 is 24.6 Å². The molecule has 0 saturated carbocycles. The second-order valence-corrected chi connectivity index (χ2v) is 6.15. The van der Waals surface area contributed by atoms with Crippen molar-refractivity contribution in [1.29, 1.82) is 0 Å². The van der Waals surface area contributed by atoms with E-state index in [0.717, 1.165) is 0 Å². The Labute approximate surface area is 163 Å². The average molecular weight is 405 g/mol. The predicted molar refractivity (Wildman–Crippen MR) is 95.9 cm³/mol. The fourth-order valence-electron chi connectivity index (χ4n) is 2.99. The minimum absolute atomic E-state index is 0.214. The number of likely N-dealkylation sites (N-methyl/N-ethyl adjacent to an activating group) is 1. The zero-order chi connectivity index (χ0) is 20.5. The van der Waals surface area contributed by atoms with Crippen molar-refractivity contribution in [3.8, 4) is 11.5 Å². The molecule has 0 aromatic carbocycles. The lowest BCUT2D eigenvalue weighted by Gasteiger charge is -2.16. The molecule has 1 amide bonds. The van der Waals surface area contributed by atoms with Crippen LogP contribution in [0.5, 0.6) is 0 Å². The number of hydrogen-bond acceptors (Lipinski definition) is 11. The van der Waals surface area contributed by atoms with Crippen molar-refractivity contribution in [2.75, 3.05) is 19.1 Å². The summed E-state index contributed by atoms with van der Waals surface area (Å²) in [6, 6.07) is 0. The van der Waals surface area contributed by atoms with E-state index in [4.69, 9.17) is 9.57 Å². The number of aliphatic hydroxyl groups excluding tert-OH is 2. The first kappa shape index (κ1) is 19.1. The number of rotatable bonds is 6.